The molecule has 20 heavy (non-hydrogen) atoms. The standard InChI is InChI=1S/C17H18N2O/c1-18(15-10-3-2-4-11-15)17(20)19-13-7-9-14-8-5-6-12-16(14)19/h2-6,8,10-12H,7,9,13H2,1H3. The molecule has 0 radical (unpaired) electrons. The zero-order valence-corrected chi connectivity index (χ0v) is 11.6. The van der Waals surface area contributed by atoms with E-state index >= 15 is 0 Å². The normalized spacial score (nSPS) is 13.8. The van der Waals surface area contributed by atoms with E-state index in [2.05, 4.69) is 6.07 Å². The van der Waals surface area contributed by atoms with Crippen LogP contribution in [0.2, 0.25) is 0 Å². The molecule has 3 heteroatoms. The van der Waals surface area contributed by atoms with Crippen LogP contribution in [0.5, 0.6) is 0 Å². The second-order valence-corrected chi connectivity index (χ2v) is 5.06. The predicted octanol–water partition coefficient (Wildman–Crippen LogP) is 3.70. The Labute approximate surface area is 119 Å². The van der Waals surface area contributed by atoms with Gasteiger partial charge in [0, 0.05) is 25.0 Å². The summed E-state index contributed by atoms with van der Waals surface area (Å²) in [6.07, 6.45) is 2.07. The number of carbonyl (C=O) groups is 1. The van der Waals surface area contributed by atoms with Crippen LogP contribution < -0.4 is 9.80 Å². The van der Waals surface area contributed by atoms with Gasteiger partial charge in [0.15, 0.2) is 0 Å². The van der Waals surface area contributed by atoms with E-state index in [1.54, 1.807) is 4.90 Å². The van der Waals surface area contributed by atoms with Gasteiger partial charge in [-0.25, -0.2) is 4.79 Å². The van der Waals surface area contributed by atoms with E-state index in [-0.39, 0.29) is 6.03 Å². The van der Waals surface area contributed by atoms with Crippen LogP contribution in [-0.2, 0) is 6.42 Å². The molecule has 0 fully saturated rings. The molecule has 1 aliphatic rings. The summed E-state index contributed by atoms with van der Waals surface area (Å²) < 4.78 is 0. The average Bonchev–Trinajstić information content (AvgIpc) is 2.54. The van der Waals surface area contributed by atoms with Gasteiger partial charge in [-0.3, -0.25) is 9.80 Å². The van der Waals surface area contributed by atoms with Crippen molar-refractivity contribution in [2.45, 2.75) is 12.8 Å². The molecule has 0 atom stereocenters. The molecule has 1 heterocycles. The molecule has 3 nitrogen and oxygen atoms in total. The lowest BCUT2D eigenvalue weighted by atomic mass is 10.0. The molecular formula is C17H18N2O. The summed E-state index contributed by atoms with van der Waals surface area (Å²) in [6.45, 7) is 0.785. The number of benzene rings is 2. The summed E-state index contributed by atoms with van der Waals surface area (Å²) in [4.78, 5) is 16.3. The summed E-state index contributed by atoms with van der Waals surface area (Å²) in [5.41, 5.74) is 3.22. The lowest BCUT2D eigenvalue weighted by molar-refractivity contribution is 0.252. The van der Waals surface area contributed by atoms with Crippen molar-refractivity contribution >= 4 is 17.4 Å². The van der Waals surface area contributed by atoms with Crippen molar-refractivity contribution in [1.82, 2.24) is 0 Å². The van der Waals surface area contributed by atoms with Crippen LogP contribution in [0.25, 0.3) is 0 Å². The Morgan fingerprint density at radius 2 is 1.75 bits per heavy atom. The monoisotopic (exact) mass is 266 g/mol. The summed E-state index contributed by atoms with van der Waals surface area (Å²) in [6, 6.07) is 18.0. The van der Waals surface area contributed by atoms with Gasteiger partial charge in [0.1, 0.15) is 0 Å². The smallest absolute Gasteiger partial charge is 0.297 e. The first-order chi connectivity index (χ1) is 9.77. The molecule has 102 valence electrons. The second kappa shape index (κ2) is 5.37. The van der Waals surface area contributed by atoms with E-state index in [0.29, 0.717) is 0 Å². The molecule has 2 aromatic carbocycles. The third-order valence-corrected chi connectivity index (χ3v) is 3.77. The highest BCUT2D eigenvalue weighted by Crippen LogP contribution is 2.28. The van der Waals surface area contributed by atoms with Gasteiger partial charge in [-0.15, -0.1) is 0 Å². The fraction of sp³-hybridized carbons (Fsp3) is 0.235. The minimum absolute atomic E-state index is 0.0309. The number of hydrogen-bond acceptors (Lipinski definition) is 1. The van der Waals surface area contributed by atoms with Gasteiger partial charge in [0.2, 0.25) is 0 Å². The molecule has 0 saturated heterocycles. The SMILES string of the molecule is CN(C(=O)N1CCCc2ccccc21)c1ccccc1. The highest BCUT2D eigenvalue weighted by Gasteiger charge is 2.25. The maximum Gasteiger partial charge on any atom is 0.328 e. The molecule has 3 rings (SSSR count). The van der Waals surface area contributed by atoms with Gasteiger partial charge in [-0.2, -0.15) is 0 Å². The first-order valence-electron chi connectivity index (χ1n) is 6.95. The fourth-order valence-corrected chi connectivity index (χ4v) is 2.68. The Hall–Kier alpha value is -2.29. The number of carbonyl (C=O) groups excluding carboxylic acids is 1. The van der Waals surface area contributed by atoms with Crippen molar-refractivity contribution in [3.63, 3.8) is 0 Å². The van der Waals surface area contributed by atoms with Gasteiger partial charge in [0.05, 0.1) is 0 Å². The summed E-state index contributed by atoms with van der Waals surface area (Å²) in [7, 11) is 1.83. The molecule has 2 amide bonds. The number of nitrogens with zero attached hydrogens (tertiary/aromatic N) is 2. The fourth-order valence-electron chi connectivity index (χ4n) is 2.68. The Morgan fingerprint density at radius 3 is 2.55 bits per heavy atom. The molecule has 0 bridgehead atoms. The Morgan fingerprint density at radius 1 is 1.05 bits per heavy atom. The maximum atomic E-state index is 12.7. The first kappa shape index (κ1) is 12.7. The summed E-state index contributed by atoms with van der Waals surface area (Å²) >= 11 is 0. The summed E-state index contributed by atoms with van der Waals surface area (Å²) in [5.74, 6) is 0. The second-order valence-electron chi connectivity index (χ2n) is 5.06. The quantitative estimate of drug-likeness (QED) is 0.772. The van der Waals surface area contributed by atoms with Gasteiger partial charge >= 0.3 is 6.03 Å². The Bertz CT molecular complexity index is 609. The van der Waals surface area contributed by atoms with E-state index in [0.717, 1.165) is 30.8 Å². The van der Waals surface area contributed by atoms with Crippen LogP contribution in [0.1, 0.15) is 12.0 Å². The molecule has 0 aliphatic carbocycles. The zero-order valence-electron chi connectivity index (χ0n) is 11.6. The molecule has 0 unspecified atom stereocenters. The van der Waals surface area contributed by atoms with Crippen molar-refractivity contribution in [2.24, 2.45) is 0 Å². The van der Waals surface area contributed by atoms with Crippen LogP contribution in [0, 0.1) is 0 Å². The number of anilines is 2. The minimum Gasteiger partial charge on any atom is -0.297 e. The number of fused-ring (bicyclic) bond motifs is 1. The molecule has 0 saturated carbocycles. The van der Waals surface area contributed by atoms with Crippen LogP contribution >= 0.6 is 0 Å². The highest BCUT2D eigenvalue weighted by atomic mass is 16.2. The van der Waals surface area contributed by atoms with E-state index < -0.39 is 0 Å². The molecule has 0 aromatic heterocycles. The molecule has 2 aromatic rings. The molecule has 0 N–H and O–H groups in total. The van der Waals surface area contributed by atoms with Gasteiger partial charge in [-0.1, -0.05) is 36.4 Å². The average molecular weight is 266 g/mol. The third kappa shape index (κ3) is 2.27. The number of urea groups is 1. The van der Waals surface area contributed by atoms with Crippen molar-refractivity contribution < 1.29 is 4.79 Å². The van der Waals surface area contributed by atoms with Gasteiger partial charge < -0.3 is 0 Å². The lowest BCUT2D eigenvalue weighted by Crippen LogP contribution is -2.44. The van der Waals surface area contributed by atoms with Crippen LogP contribution in [0.3, 0.4) is 0 Å². The lowest BCUT2D eigenvalue weighted by Gasteiger charge is -2.32. The van der Waals surface area contributed by atoms with Crippen molar-refractivity contribution in [3.8, 4) is 0 Å². The number of amides is 2. The van der Waals surface area contributed by atoms with Crippen molar-refractivity contribution in [1.29, 1.82) is 0 Å². The number of hydrogen-bond donors (Lipinski definition) is 0. The van der Waals surface area contributed by atoms with E-state index in [9.17, 15) is 4.79 Å². The zero-order chi connectivity index (χ0) is 13.9. The number of para-hydroxylation sites is 2. The van der Waals surface area contributed by atoms with E-state index in [4.69, 9.17) is 0 Å². The number of rotatable bonds is 1. The molecular weight excluding hydrogens is 248 g/mol. The van der Waals surface area contributed by atoms with Gasteiger partial charge in [0.25, 0.3) is 0 Å². The highest BCUT2D eigenvalue weighted by molar-refractivity contribution is 6.03. The minimum atomic E-state index is 0.0309. The predicted molar refractivity (Wildman–Crippen MR) is 82.4 cm³/mol. The van der Waals surface area contributed by atoms with E-state index in [1.165, 1.54) is 5.56 Å². The Balaban J connectivity index is 1.89. The largest absolute Gasteiger partial charge is 0.328 e. The van der Waals surface area contributed by atoms with Crippen LogP contribution in [-0.4, -0.2) is 19.6 Å². The van der Waals surface area contributed by atoms with Crippen LogP contribution in [0.15, 0.2) is 54.6 Å². The summed E-state index contributed by atoms with van der Waals surface area (Å²) in [5, 5.41) is 0. The van der Waals surface area contributed by atoms with Crippen LogP contribution in [0.4, 0.5) is 16.2 Å². The maximum absolute atomic E-state index is 12.7. The molecule has 0 spiro atoms. The van der Waals surface area contributed by atoms with E-state index in [1.807, 2.05) is 60.5 Å². The topological polar surface area (TPSA) is 23.6 Å². The first-order valence-corrected chi connectivity index (χ1v) is 6.95. The Kier molecular flexibility index (Phi) is 3.42. The molecule has 1 aliphatic heterocycles. The number of aryl methyl sites for hydroxylation is 1. The third-order valence-electron chi connectivity index (χ3n) is 3.77. The van der Waals surface area contributed by atoms with Crippen molar-refractivity contribution in [3.05, 3.63) is 60.2 Å². The van der Waals surface area contributed by atoms with Crippen molar-refractivity contribution in [2.75, 3.05) is 23.4 Å². The van der Waals surface area contributed by atoms with Gasteiger partial charge in [-0.05, 0) is 36.6 Å².